The van der Waals surface area contributed by atoms with Crippen molar-refractivity contribution in [2.24, 2.45) is 0 Å². The fourth-order valence-electron chi connectivity index (χ4n) is 2.13. The van der Waals surface area contributed by atoms with Gasteiger partial charge in [-0.05, 0) is 0 Å². The van der Waals surface area contributed by atoms with E-state index >= 15 is 0 Å². The van der Waals surface area contributed by atoms with Gasteiger partial charge in [0.2, 0.25) is 0 Å². The minimum atomic E-state index is -5.87. The molecule has 0 saturated carbocycles. The Labute approximate surface area is 79.2 Å². The summed E-state index contributed by atoms with van der Waals surface area (Å²) >= 11 is -5.87. The van der Waals surface area contributed by atoms with Crippen molar-refractivity contribution in [3.05, 3.63) is 0 Å². The molecule has 0 radical (unpaired) electrons. The summed E-state index contributed by atoms with van der Waals surface area (Å²) in [6, 6.07) is 0. The first-order valence-corrected chi connectivity index (χ1v) is 9.86. The van der Waals surface area contributed by atoms with Crippen LogP contribution in [0.15, 0.2) is 0 Å². The van der Waals surface area contributed by atoms with Gasteiger partial charge in [0.05, 0.1) is 0 Å². The molecule has 0 spiro atoms. The van der Waals surface area contributed by atoms with Crippen LogP contribution in [0.3, 0.4) is 0 Å². The summed E-state index contributed by atoms with van der Waals surface area (Å²) in [5.41, 5.74) is 0. The molecule has 0 heterocycles. The van der Waals surface area contributed by atoms with Crippen molar-refractivity contribution in [3.8, 4) is 0 Å². The van der Waals surface area contributed by atoms with Crippen LogP contribution in [-0.2, 0) is 19.4 Å². The van der Waals surface area contributed by atoms with Crippen molar-refractivity contribution in [1.29, 1.82) is 0 Å². The Kier molecular flexibility index (Phi) is 3.41. The van der Waals surface area contributed by atoms with Crippen LogP contribution < -0.4 is 0 Å². The van der Waals surface area contributed by atoms with Crippen LogP contribution in [0.4, 0.5) is 0 Å². The van der Waals surface area contributed by atoms with Crippen molar-refractivity contribution in [2.75, 3.05) is 0 Å². The summed E-state index contributed by atoms with van der Waals surface area (Å²) in [4.78, 5) is 0. The summed E-state index contributed by atoms with van der Waals surface area (Å²) in [6.07, 6.45) is 1.51. The third-order valence-corrected chi connectivity index (χ3v) is 10.2. The Bertz CT molecular complexity index is 281. The van der Waals surface area contributed by atoms with Crippen molar-refractivity contribution in [2.45, 2.75) is 55.4 Å². The second-order valence-electron chi connectivity index (χ2n) is 4.28. The molecule has 0 aromatic rings. The van der Waals surface area contributed by atoms with E-state index in [1.54, 1.807) is 20.8 Å². The average Bonchev–Trinajstić information content (AvgIpc) is 1.84. The van der Waals surface area contributed by atoms with Gasteiger partial charge in [0.15, 0.2) is 0 Å². The van der Waals surface area contributed by atoms with E-state index in [0.717, 1.165) is 0 Å². The molecule has 0 aromatic heterocycles. The van der Waals surface area contributed by atoms with Gasteiger partial charge in [-0.15, -0.1) is 0 Å². The molecule has 0 amide bonds. The molecule has 0 aliphatic heterocycles. The van der Waals surface area contributed by atoms with Crippen molar-refractivity contribution in [1.82, 2.24) is 0 Å². The molecule has 81 valence electrons. The van der Waals surface area contributed by atoms with Gasteiger partial charge < -0.3 is 0 Å². The van der Waals surface area contributed by atoms with E-state index in [2.05, 4.69) is 0 Å². The molecule has 3 nitrogen and oxygen atoms in total. The van der Waals surface area contributed by atoms with E-state index < -0.39 is 12.0 Å². The van der Waals surface area contributed by atoms with Crippen molar-refractivity contribution >= 4 is 0 Å². The maximum atomic E-state index is 12.2. The van der Waals surface area contributed by atoms with Crippen LogP contribution in [0.25, 0.3) is 0 Å². The van der Waals surface area contributed by atoms with E-state index in [0.29, 0.717) is 19.3 Å². The SMILES string of the molecule is CC[CH2][V](=[O])(=[O])([OH])([CH2]CC)[CH2]CC. The first kappa shape index (κ1) is 13.1. The van der Waals surface area contributed by atoms with Crippen LogP contribution in [0, 0.1) is 0 Å². The van der Waals surface area contributed by atoms with Gasteiger partial charge in [0, 0.05) is 0 Å². The summed E-state index contributed by atoms with van der Waals surface area (Å²) in [5.74, 6) is 0. The zero-order valence-electron chi connectivity index (χ0n) is 8.95. The van der Waals surface area contributed by atoms with Gasteiger partial charge in [-0.25, -0.2) is 0 Å². The second kappa shape index (κ2) is 3.37. The van der Waals surface area contributed by atoms with Gasteiger partial charge in [0.25, 0.3) is 0 Å². The van der Waals surface area contributed by atoms with E-state index in [-0.39, 0.29) is 15.4 Å². The monoisotopic (exact) mass is 229 g/mol. The van der Waals surface area contributed by atoms with Crippen LogP contribution in [0.1, 0.15) is 40.0 Å². The van der Waals surface area contributed by atoms with E-state index in [9.17, 15) is 11.4 Å². The Balaban J connectivity index is 5.12. The minimum absolute atomic E-state index is 0.0365. The van der Waals surface area contributed by atoms with Crippen LogP contribution in [-0.4, -0.2) is 4.03 Å². The van der Waals surface area contributed by atoms with Crippen LogP contribution >= 0.6 is 0 Å². The predicted molar refractivity (Wildman–Crippen MR) is 48.9 cm³/mol. The normalized spacial score (nSPS) is 17.8. The molecule has 0 atom stereocenters. The number of hydrogen-bond acceptors (Lipinski definition) is 2. The molecule has 1 N–H and O–H groups in total. The summed E-state index contributed by atoms with van der Waals surface area (Å²) in [6.45, 7) is 5.37. The zero-order valence-corrected chi connectivity index (χ0v) is 10.4. The van der Waals surface area contributed by atoms with Crippen molar-refractivity contribution in [3.63, 3.8) is 0 Å². The Morgan fingerprint density at radius 1 is 0.846 bits per heavy atom. The third kappa shape index (κ3) is 3.80. The van der Waals surface area contributed by atoms with Gasteiger partial charge in [0.1, 0.15) is 0 Å². The van der Waals surface area contributed by atoms with Crippen molar-refractivity contribution < 1.29 is 23.4 Å². The third-order valence-electron chi connectivity index (χ3n) is 2.47. The molecular weight excluding hydrogens is 207 g/mol. The molecule has 0 aliphatic rings. The summed E-state index contributed by atoms with van der Waals surface area (Å²) in [7, 11) is 0. The molecule has 0 aromatic carbocycles. The predicted octanol–water partition coefficient (Wildman–Crippen LogP) is 3.29. The average molecular weight is 229 g/mol. The molecule has 0 bridgehead atoms. The van der Waals surface area contributed by atoms with Gasteiger partial charge in [-0.2, -0.15) is 0 Å². The summed E-state index contributed by atoms with van der Waals surface area (Å²) < 4.78 is 34.5. The Morgan fingerprint density at radius 3 is 1.23 bits per heavy atom. The fraction of sp³-hybridized carbons (Fsp3) is 1.00. The molecule has 4 heteroatoms. The van der Waals surface area contributed by atoms with Gasteiger partial charge in [-0.1, -0.05) is 0 Å². The topological polar surface area (TPSA) is 54.4 Å². The van der Waals surface area contributed by atoms with Gasteiger partial charge >= 0.3 is 78.8 Å². The number of rotatable bonds is 6. The molecule has 13 heavy (non-hydrogen) atoms. The van der Waals surface area contributed by atoms with Crippen LogP contribution in [0.5, 0.6) is 0 Å². The van der Waals surface area contributed by atoms with E-state index in [1.165, 1.54) is 0 Å². The molecule has 0 saturated heterocycles. The molecule has 0 unspecified atom stereocenters. The maximum absolute atomic E-state index is 12.2. The zero-order chi connectivity index (χ0) is 10.7. The Morgan fingerprint density at radius 2 is 1.08 bits per heavy atom. The first-order chi connectivity index (χ1) is 5.71. The molecule has 0 rings (SSSR count). The number of hydrogen-bond donors (Lipinski definition) is 1. The van der Waals surface area contributed by atoms with Crippen LogP contribution in [0.2, 0.25) is 15.4 Å². The summed E-state index contributed by atoms with van der Waals surface area (Å²) in [5, 5.41) is -0.110. The standard InChI is InChI=1S/3C3H7.H2O.2O.V/c3*1-3-2;;;;/h3*1,3H2,2H3;1H2;;;/q;;;;;;+1/p-1. The Hall–Kier alpha value is 0.144. The van der Waals surface area contributed by atoms with E-state index in [1.807, 2.05) is 0 Å². The molecular formula is C9H22O3V. The van der Waals surface area contributed by atoms with E-state index in [4.69, 9.17) is 0 Å². The fourth-order valence-corrected chi connectivity index (χ4v) is 8.79. The molecule has 0 aliphatic carbocycles. The van der Waals surface area contributed by atoms with Gasteiger partial charge in [-0.3, -0.25) is 0 Å². The first-order valence-electron chi connectivity index (χ1n) is 5.14. The quantitative estimate of drug-likeness (QED) is 0.760. The molecule has 0 fully saturated rings. The second-order valence-corrected chi connectivity index (χ2v) is 13.0.